The van der Waals surface area contributed by atoms with Gasteiger partial charge in [-0.15, -0.1) is 0 Å². The third kappa shape index (κ3) is 5.23. The Bertz CT molecular complexity index is 1050. The van der Waals surface area contributed by atoms with Crippen LogP contribution >= 0.6 is 0 Å². The van der Waals surface area contributed by atoms with Crippen molar-refractivity contribution in [1.82, 2.24) is 0 Å². The second-order valence-corrected chi connectivity index (χ2v) is 7.01. The van der Waals surface area contributed by atoms with E-state index in [0.29, 0.717) is 0 Å². The van der Waals surface area contributed by atoms with E-state index in [2.05, 4.69) is 77.9 Å². The largest absolute Gasteiger partial charge is 0.388 e. The summed E-state index contributed by atoms with van der Waals surface area (Å²) in [6.45, 7) is 6.81. The molecule has 0 bridgehead atoms. The SMILES string of the molecule is C=C/C(=C(/C)N=[N+](C)c1ccc(NCc2ccccc2)cc1)c1ccccc1NC. The minimum atomic E-state index is 0.801. The van der Waals surface area contributed by atoms with E-state index < -0.39 is 0 Å². The molecular formula is C26H29N4+. The van der Waals surface area contributed by atoms with E-state index in [1.165, 1.54) is 5.56 Å². The summed E-state index contributed by atoms with van der Waals surface area (Å²) >= 11 is 0. The summed E-state index contributed by atoms with van der Waals surface area (Å²) in [5, 5.41) is 11.5. The predicted molar refractivity (Wildman–Crippen MR) is 127 cm³/mol. The van der Waals surface area contributed by atoms with Gasteiger partial charge in [-0.25, -0.2) is 0 Å². The maximum atomic E-state index is 4.79. The number of nitrogens with zero attached hydrogens (tertiary/aromatic N) is 2. The molecule has 0 heterocycles. The first-order chi connectivity index (χ1) is 14.6. The van der Waals surface area contributed by atoms with E-state index >= 15 is 0 Å². The first kappa shape index (κ1) is 21.1. The molecule has 0 saturated carbocycles. The lowest BCUT2D eigenvalue weighted by Crippen LogP contribution is -2.00. The molecule has 152 valence electrons. The van der Waals surface area contributed by atoms with E-state index in [4.69, 9.17) is 5.11 Å². The molecule has 0 fully saturated rings. The van der Waals surface area contributed by atoms with Crippen molar-refractivity contribution in [1.29, 1.82) is 0 Å². The van der Waals surface area contributed by atoms with Crippen molar-refractivity contribution in [3.63, 3.8) is 0 Å². The zero-order valence-corrected chi connectivity index (χ0v) is 17.9. The first-order valence-electron chi connectivity index (χ1n) is 10.1. The third-order valence-electron chi connectivity index (χ3n) is 4.96. The second kappa shape index (κ2) is 10.2. The number of hydrogen-bond acceptors (Lipinski definition) is 3. The smallest absolute Gasteiger partial charge is 0.231 e. The molecule has 30 heavy (non-hydrogen) atoms. The quantitative estimate of drug-likeness (QED) is 0.253. The van der Waals surface area contributed by atoms with Crippen molar-refractivity contribution in [2.45, 2.75) is 13.5 Å². The topological polar surface area (TPSA) is 39.4 Å². The van der Waals surface area contributed by atoms with Gasteiger partial charge in [-0.1, -0.05) is 65.9 Å². The van der Waals surface area contributed by atoms with Gasteiger partial charge in [0, 0.05) is 48.2 Å². The van der Waals surface area contributed by atoms with Gasteiger partial charge >= 0.3 is 0 Å². The number of anilines is 2. The first-order valence-corrected chi connectivity index (χ1v) is 10.1. The highest BCUT2D eigenvalue weighted by Crippen LogP contribution is 2.28. The number of azo groups is 2. The molecule has 0 atom stereocenters. The fourth-order valence-corrected chi connectivity index (χ4v) is 3.32. The number of para-hydroxylation sites is 1. The Morgan fingerprint density at radius 2 is 1.63 bits per heavy atom. The van der Waals surface area contributed by atoms with Gasteiger partial charge in [0.1, 0.15) is 5.70 Å². The zero-order valence-electron chi connectivity index (χ0n) is 17.9. The van der Waals surface area contributed by atoms with E-state index in [0.717, 1.165) is 40.4 Å². The van der Waals surface area contributed by atoms with Crippen LogP contribution in [0.3, 0.4) is 0 Å². The van der Waals surface area contributed by atoms with E-state index in [-0.39, 0.29) is 0 Å². The molecule has 0 amide bonds. The van der Waals surface area contributed by atoms with Gasteiger partial charge in [0.25, 0.3) is 0 Å². The van der Waals surface area contributed by atoms with E-state index in [1.54, 1.807) is 0 Å². The summed E-state index contributed by atoms with van der Waals surface area (Å²) in [5.41, 5.74) is 7.41. The maximum absolute atomic E-state index is 4.79. The molecule has 4 nitrogen and oxygen atoms in total. The third-order valence-corrected chi connectivity index (χ3v) is 4.96. The molecule has 0 unspecified atom stereocenters. The molecule has 0 spiro atoms. The normalized spacial score (nSPS) is 12.2. The number of benzene rings is 3. The summed E-state index contributed by atoms with van der Waals surface area (Å²) in [5.74, 6) is 0. The zero-order chi connectivity index (χ0) is 21.3. The van der Waals surface area contributed by atoms with Crippen molar-refractivity contribution in [2.75, 3.05) is 24.7 Å². The molecule has 0 aliphatic heterocycles. The average molecular weight is 398 g/mol. The van der Waals surface area contributed by atoms with Crippen molar-refractivity contribution in [3.05, 3.63) is 108 Å². The van der Waals surface area contributed by atoms with Crippen LogP contribution in [0.4, 0.5) is 17.1 Å². The molecule has 0 aromatic heterocycles. The highest BCUT2D eigenvalue weighted by molar-refractivity contribution is 5.83. The lowest BCUT2D eigenvalue weighted by atomic mass is 10.0. The monoisotopic (exact) mass is 397 g/mol. The molecule has 3 aromatic carbocycles. The minimum absolute atomic E-state index is 0.801. The van der Waals surface area contributed by atoms with Crippen LogP contribution in [0.5, 0.6) is 0 Å². The number of nitrogens with one attached hydrogen (secondary N) is 2. The van der Waals surface area contributed by atoms with Crippen LogP contribution in [0.15, 0.2) is 102 Å². The van der Waals surface area contributed by atoms with Gasteiger partial charge in [0.15, 0.2) is 7.05 Å². The summed E-state index contributed by atoms with van der Waals surface area (Å²) in [4.78, 5) is 0. The Kier molecular flexibility index (Phi) is 7.17. The molecule has 2 N–H and O–H groups in total. The Morgan fingerprint density at radius 1 is 0.967 bits per heavy atom. The predicted octanol–water partition coefficient (Wildman–Crippen LogP) is 6.68. The molecule has 0 aliphatic rings. The molecule has 0 radical (unpaired) electrons. The molecule has 0 aliphatic carbocycles. The Labute approximate surface area is 179 Å². The van der Waals surface area contributed by atoms with Crippen molar-refractivity contribution in [2.24, 2.45) is 5.11 Å². The number of allylic oxidation sites excluding steroid dienone is 3. The Morgan fingerprint density at radius 3 is 2.30 bits per heavy atom. The van der Waals surface area contributed by atoms with Gasteiger partial charge in [-0.2, -0.15) is 0 Å². The number of hydrogen-bond donors (Lipinski definition) is 2. The Balaban J connectivity index is 1.78. The van der Waals surface area contributed by atoms with Crippen LogP contribution in [0, 0.1) is 0 Å². The summed E-state index contributed by atoms with van der Waals surface area (Å²) in [7, 11) is 3.88. The highest BCUT2D eigenvalue weighted by atomic mass is 15.2. The second-order valence-electron chi connectivity index (χ2n) is 7.01. The van der Waals surface area contributed by atoms with Crippen molar-refractivity contribution < 1.29 is 4.70 Å². The van der Waals surface area contributed by atoms with Crippen molar-refractivity contribution >= 4 is 22.6 Å². The van der Waals surface area contributed by atoms with Crippen LogP contribution in [0.25, 0.3) is 5.57 Å². The summed E-state index contributed by atoms with van der Waals surface area (Å²) < 4.78 is 1.89. The van der Waals surface area contributed by atoms with Crippen LogP contribution in [-0.2, 0) is 6.54 Å². The van der Waals surface area contributed by atoms with Gasteiger partial charge in [-0.3, -0.25) is 0 Å². The fourth-order valence-electron chi connectivity index (χ4n) is 3.32. The summed E-state index contributed by atoms with van der Waals surface area (Å²) in [6, 6.07) is 26.8. The van der Waals surface area contributed by atoms with E-state index in [9.17, 15) is 0 Å². The molecular weight excluding hydrogens is 368 g/mol. The maximum Gasteiger partial charge on any atom is 0.231 e. The van der Waals surface area contributed by atoms with Gasteiger partial charge in [0.05, 0.1) is 0 Å². The summed E-state index contributed by atoms with van der Waals surface area (Å²) in [6.07, 6.45) is 1.86. The van der Waals surface area contributed by atoms with Gasteiger partial charge in [-0.05, 0) is 35.8 Å². The molecule has 3 rings (SSSR count). The molecule has 3 aromatic rings. The van der Waals surface area contributed by atoms with Crippen LogP contribution in [0.1, 0.15) is 18.1 Å². The lowest BCUT2D eigenvalue weighted by Gasteiger charge is -2.10. The lowest BCUT2D eigenvalue weighted by molar-refractivity contribution is -0.478. The van der Waals surface area contributed by atoms with Crippen LogP contribution in [-0.4, -0.2) is 18.8 Å². The van der Waals surface area contributed by atoms with Crippen molar-refractivity contribution in [3.8, 4) is 0 Å². The number of rotatable bonds is 8. The van der Waals surface area contributed by atoms with Gasteiger partial charge < -0.3 is 10.6 Å². The van der Waals surface area contributed by atoms with Crippen LogP contribution < -0.4 is 10.6 Å². The molecule has 4 heteroatoms. The molecule has 0 saturated heterocycles. The van der Waals surface area contributed by atoms with E-state index in [1.807, 2.05) is 50.0 Å². The Hall–Kier alpha value is -3.66. The van der Waals surface area contributed by atoms with Crippen LogP contribution in [0.2, 0.25) is 0 Å². The fraction of sp³-hybridized carbons (Fsp3) is 0.154. The standard InChI is InChI=1S/C26H28N4/c1-5-24(25-13-9-10-14-26(25)27-3)20(2)29-30(4)23-17-15-22(16-18-23)28-19-21-11-7-6-8-12-21/h5-18,28H,1,19H2,2-4H3/p+1. The van der Waals surface area contributed by atoms with Gasteiger partial charge in [0.2, 0.25) is 5.69 Å². The highest BCUT2D eigenvalue weighted by Gasteiger charge is 2.11. The average Bonchev–Trinajstić information content (AvgIpc) is 2.79. The minimum Gasteiger partial charge on any atom is -0.388 e.